The van der Waals surface area contributed by atoms with Gasteiger partial charge in [0.1, 0.15) is 5.56 Å². The molecule has 6 heteroatoms. The topological polar surface area (TPSA) is 88.5 Å². The molecule has 1 amide bonds. The third-order valence-corrected chi connectivity index (χ3v) is 3.83. The van der Waals surface area contributed by atoms with E-state index in [0.717, 1.165) is 5.69 Å². The van der Waals surface area contributed by atoms with Crippen LogP contribution in [0.4, 0.5) is 0 Å². The smallest absolute Gasteiger partial charge is 0.311 e. The number of carboxylic acid groups (broad SMARTS) is 1. The van der Waals surface area contributed by atoms with Crippen molar-refractivity contribution in [1.29, 1.82) is 0 Å². The van der Waals surface area contributed by atoms with Gasteiger partial charge >= 0.3 is 5.97 Å². The van der Waals surface area contributed by atoms with Crippen molar-refractivity contribution in [2.75, 3.05) is 13.7 Å². The summed E-state index contributed by atoms with van der Waals surface area (Å²) in [6, 6.07) is 3.33. The molecule has 0 bridgehead atoms. The van der Waals surface area contributed by atoms with E-state index in [4.69, 9.17) is 4.74 Å². The fourth-order valence-electron chi connectivity index (χ4n) is 2.08. The first-order valence-corrected chi connectivity index (χ1v) is 6.93. The van der Waals surface area contributed by atoms with Gasteiger partial charge in [-0.05, 0) is 31.9 Å². The lowest BCUT2D eigenvalue weighted by molar-refractivity contribution is -0.149. The monoisotopic (exact) mass is 294 g/mol. The molecule has 2 N–H and O–H groups in total. The Morgan fingerprint density at radius 2 is 1.95 bits per heavy atom. The average molecular weight is 294 g/mol. The predicted molar refractivity (Wildman–Crippen MR) is 78.5 cm³/mol. The molecule has 1 rings (SSSR count). The number of carbonyl (C=O) groups is 2. The van der Waals surface area contributed by atoms with Gasteiger partial charge in [0.25, 0.3) is 5.91 Å². The second-order valence-corrected chi connectivity index (χ2v) is 4.98. The van der Waals surface area contributed by atoms with Crippen molar-refractivity contribution in [3.8, 4) is 5.88 Å². The summed E-state index contributed by atoms with van der Waals surface area (Å²) in [4.78, 5) is 27.8. The van der Waals surface area contributed by atoms with Crippen LogP contribution in [0.25, 0.3) is 0 Å². The summed E-state index contributed by atoms with van der Waals surface area (Å²) in [6.45, 7) is 5.48. The van der Waals surface area contributed by atoms with Crippen molar-refractivity contribution in [3.05, 3.63) is 23.4 Å². The molecular formula is C15H22N2O4. The van der Waals surface area contributed by atoms with Gasteiger partial charge in [-0.1, -0.05) is 13.8 Å². The number of carboxylic acids is 1. The van der Waals surface area contributed by atoms with Crippen molar-refractivity contribution in [1.82, 2.24) is 10.3 Å². The predicted octanol–water partition coefficient (Wildman–Crippen LogP) is 2.02. The Morgan fingerprint density at radius 3 is 2.43 bits per heavy atom. The second-order valence-electron chi connectivity index (χ2n) is 4.98. The highest BCUT2D eigenvalue weighted by Crippen LogP contribution is 2.26. The van der Waals surface area contributed by atoms with E-state index in [9.17, 15) is 14.7 Å². The normalized spacial score (nSPS) is 11.0. The van der Waals surface area contributed by atoms with Crippen LogP contribution in [0.3, 0.4) is 0 Å². The van der Waals surface area contributed by atoms with E-state index < -0.39 is 11.4 Å². The molecule has 0 atom stereocenters. The minimum absolute atomic E-state index is 0.0746. The molecule has 0 aliphatic rings. The summed E-state index contributed by atoms with van der Waals surface area (Å²) in [5.41, 5.74) is 0.0982. The van der Waals surface area contributed by atoms with Crippen LogP contribution in [0.2, 0.25) is 0 Å². The largest absolute Gasteiger partial charge is 0.481 e. The fourth-order valence-corrected chi connectivity index (χ4v) is 2.08. The van der Waals surface area contributed by atoms with Crippen molar-refractivity contribution in [2.45, 2.75) is 33.6 Å². The summed E-state index contributed by atoms with van der Waals surface area (Å²) in [5, 5.41) is 12.0. The Hall–Kier alpha value is -2.11. The lowest BCUT2D eigenvalue weighted by Gasteiger charge is -2.26. The Bertz CT molecular complexity index is 524. The molecule has 116 valence electrons. The van der Waals surface area contributed by atoms with Crippen LogP contribution in [-0.4, -0.2) is 35.6 Å². The lowest BCUT2D eigenvalue weighted by Crippen LogP contribution is -2.42. The molecular weight excluding hydrogens is 272 g/mol. The maximum Gasteiger partial charge on any atom is 0.311 e. The third kappa shape index (κ3) is 3.71. The molecule has 0 unspecified atom stereocenters. The number of hydrogen-bond donors (Lipinski definition) is 2. The molecule has 1 aromatic heterocycles. The van der Waals surface area contributed by atoms with E-state index in [1.807, 2.05) is 0 Å². The zero-order valence-electron chi connectivity index (χ0n) is 12.9. The molecule has 1 aromatic rings. The number of methoxy groups -OCH3 is 1. The van der Waals surface area contributed by atoms with Crippen LogP contribution in [0.15, 0.2) is 12.1 Å². The van der Waals surface area contributed by atoms with Gasteiger partial charge in [-0.3, -0.25) is 9.59 Å². The van der Waals surface area contributed by atoms with E-state index >= 15 is 0 Å². The average Bonchev–Trinajstić information content (AvgIpc) is 2.48. The van der Waals surface area contributed by atoms with E-state index in [-0.39, 0.29) is 18.3 Å². The number of rotatable bonds is 7. The Morgan fingerprint density at radius 1 is 1.33 bits per heavy atom. The van der Waals surface area contributed by atoms with Crippen LogP contribution in [0.5, 0.6) is 5.88 Å². The van der Waals surface area contributed by atoms with Gasteiger partial charge in [0.2, 0.25) is 5.88 Å². The molecule has 0 aliphatic carbocycles. The number of nitrogens with zero attached hydrogens (tertiary/aromatic N) is 1. The molecule has 21 heavy (non-hydrogen) atoms. The second kappa shape index (κ2) is 7.06. The highest BCUT2D eigenvalue weighted by Gasteiger charge is 2.35. The first-order chi connectivity index (χ1) is 9.90. The number of aromatic nitrogens is 1. The molecule has 0 fully saturated rings. The van der Waals surface area contributed by atoms with Crippen LogP contribution in [0.1, 0.15) is 42.7 Å². The van der Waals surface area contributed by atoms with Crippen molar-refractivity contribution < 1.29 is 19.4 Å². The van der Waals surface area contributed by atoms with Crippen LogP contribution in [-0.2, 0) is 4.79 Å². The Kier molecular flexibility index (Phi) is 5.69. The van der Waals surface area contributed by atoms with E-state index in [0.29, 0.717) is 18.4 Å². The standard InChI is InChI=1S/C15H22N2O4/c1-5-15(6-2,14(19)20)9-16-12(18)11-8-7-10(3)17-13(11)21-4/h7-8H,5-6,9H2,1-4H3,(H,16,18)(H,19,20). The lowest BCUT2D eigenvalue weighted by atomic mass is 9.82. The summed E-state index contributed by atoms with van der Waals surface area (Å²) in [6.07, 6.45) is 0.894. The summed E-state index contributed by atoms with van der Waals surface area (Å²) in [7, 11) is 1.44. The minimum Gasteiger partial charge on any atom is -0.481 e. The number of carbonyl (C=O) groups excluding carboxylic acids is 1. The minimum atomic E-state index is -0.943. The van der Waals surface area contributed by atoms with Crippen molar-refractivity contribution in [2.24, 2.45) is 5.41 Å². The number of pyridine rings is 1. The van der Waals surface area contributed by atoms with Gasteiger partial charge in [0.05, 0.1) is 12.5 Å². The van der Waals surface area contributed by atoms with Crippen LogP contribution >= 0.6 is 0 Å². The van der Waals surface area contributed by atoms with Crippen molar-refractivity contribution in [3.63, 3.8) is 0 Å². The van der Waals surface area contributed by atoms with Crippen molar-refractivity contribution >= 4 is 11.9 Å². The number of aliphatic carboxylic acids is 1. The number of hydrogen-bond acceptors (Lipinski definition) is 4. The summed E-state index contributed by atoms with van der Waals surface area (Å²) in [5.74, 6) is -1.05. The van der Waals surface area contributed by atoms with E-state index in [1.54, 1.807) is 32.9 Å². The quantitative estimate of drug-likeness (QED) is 0.803. The number of amides is 1. The maximum absolute atomic E-state index is 12.2. The SMILES string of the molecule is CCC(CC)(CNC(=O)c1ccc(C)nc1OC)C(=O)O. The molecule has 0 saturated heterocycles. The first kappa shape index (κ1) is 16.9. The van der Waals surface area contributed by atoms with E-state index in [1.165, 1.54) is 7.11 Å². The maximum atomic E-state index is 12.2. The number of ether oxygens (including phenoxy) is 1. The molecule has 0 radical (unpaired) electrons. The van der Waals surface area contributed by atoms with Gasteiger partial charge < -0.3 is 15.2 Å². The Balaban J connectivity index is 2.89. The summed E-state index contributed by atoms with van der Waals surface area (Å²) < 4.78 is 5.09. The zero-order chi connectivity index (χ0) is 16.0. The van der Waals surface area contributed by atoms with Gasteiger partial charge in [-0.15, -0.1) is 0 Å². The fraction of sp³-hybridized carbons (Fsp3) is 0.533. The number of aryl methyl sites for hydroxylation is 1. The van der Waals surface area contributed by atoms with Crippen LogP contribution in [0, 0.1) is 12.3 Å². The van der Waals surface area contributed by atoms with Gasteiger partial charge in [-0.2, -0.15) is 0 Å². The first-order valence-electron chi connectivity index (χ1n) is 6.93. The third-order valence-electron chi connectivity index (χ3n) is 3.83. The van der Waals surface area contributed by atoms with Gasteiger partial charge in [-0.25, -0.2) is 4.98 Å². The molecule has 6 nitrogen and oxygen atoms in total. The highest BCUT2D eigenvalue weighted by atomic mass is 16.5. The summed E-state index contributed by atoms with van der Waals surface area (Å²) >= 11 is 0. The van der Waals surface area contributed by atoms with Gasteiger partial charge in [0, 0.05) is 12.2 Å². The molecule has 1 heterocycles. The molecule has 0 aliphatic heterocycles. The van der Waals surface area contributed by atoms with Crippen LogP contribution < -0.4 is 10.1 Å². The van der Waals surface area contributed by atoms with E-state index in [2.05, 4.69) is 10.3 Å². The Labute approximate surface area is 124 Å². The molecule has 0 saturated carbocycles. The zero-order valence-corrected chi connectivity index (χ0v) is 12.9. The highest BCUT2D eigenvalue weighted by molar-refractivity contribution is 5.96. The van der Waals surface area contributed by atoms with Gasteiger partial charge in [0.15, 0.2) is 0 Å². The number of nitrogens with one attached hydrogen (secondary N) is 1. The molecule has 0 aromatic carbocycles. The molecule has 0 spiro atoms.